The van der Waals surface area contributed by atoms with Crippen LogP contribution in [0.4, 0.5) is 4.79 Å². The van der Waals surface area contributed by atoms with E-state index in [2.05, 4.69) is 15.3 Å². The molecule has 0 aromatic carbocycles. The van der Waals surface area contributed by atoms with Gasteiger partial charge in [0.1, 0.15) is 6.54 Å². The molecule has 22 heavy (non-hydrogen) atoms. The molecule has 116 valence electrons. The van der Waals surface area contributed by atoms with Crippen molar-refractivity contribution < 1.29 is 14.4 Å². The van der Waals surface area contributed by atoms with Crippen LogP contribution in [-0.4, -0.2) is 63.8 Å². The Labute approximate surface area is 127 Å². The highest BCUT2D eigenvalue weighted by atomic mass is 16.2. The van der Waals surface area contributed by atoms with Crippen molar-refractivity contribution in [2.24, 2.45) is 0 Å². The van der Waals surface area contributed by atoms with Crippen LogP contribution in [0.5, 0.6) is 0 Å². The van der Waals surface area contributed by atoms with E-state index in [1.165, 1.54) is 0 Å². The van der Waals surface area contributed by atoms with Gasteiger partial charge in [-0.2, -0.15) is 0 Å². The van der Waals surface area contributed by atoms with Gasteiger partial charge in [-0.15, -0.1) is 0 Å². The zero-order chi connectivity index (χ0) is 15.5. The molecule has 1 N–H and O–H groups in total. The van der Waals surface area contributed by atoms with Gasteiger partial charge in [-0.05, 0) is 12.8 Å². The van der Waals surface area contributed by atoms with Gasteiger partial charge in [0.15, 0.2) is 0 Å². The molecule has 1 aromatic rings. The van der Waals surface area contributed by atoms with Crippen LogP contribution in [-0.2, 0) is 9.59 Å². The van der Waals surface area contributed by atoms with Crippen molar-refractivity contribution >= 4 is 17.8 Å². The van der Waals surface area contributed by atoms with Crippen molar-refractivity contribution in [3.05, 3.63) is 24.3 Å². The summed E-state index contributed by atoms with van der Waals surface area (Å²) in [7, 11) is 0. The monoisotopic (exact) mass is 303 g/mol. The predicted molar refractivity (Wildman–Crippen MR) is 75.7 cm³/mol. The smallest absolute Gasteiger partial charge is 0.325 e. The summed E-state index contributed by atoms with van der Waals surface area (Å²) in [6.07, 6.45) is 6.80. The maximum Gasteiger partial charge on any atom is 0.325 e. The number of nitrogens with zero attached hydrogens (tertiary/aromatic N) is 4. The van der Waals surface area contributed by atoms with Crippen LogP contribution in [0.2, 0.25) is 0 Å². The Kier molecular flexibility index (Phi) is 3.99. The summed E-state index contributed by atoms with van der Waals surface area (Å²) in [5, 5.41) is 2.41. The third-order valence-electron chi connectivity index (χ3n) is 4.01. The van der Waals surface area contributed by atoms with Crippen LogP contribution in [0, 0.1) is 0 Å². The van der Waals surface area contributed by atoms with Crippen molar-refractivity contribution in [2.75, 3.05) is 26.2 Å². The quantitative estimate of drug-likeness (QED) is 0.776. The van der Waals surface area contributed by atoms with Crippen LogP contribution >= 0.6 is 0 Å². The summed E-state index contributed by atoms with van der Waals surface area (Å²) in [6.45, 7) is 0.951. The van der Waals surface area contributed by atoms with Crippen LogP contribution in [0.25, 0.3) is 0 Å². The number of hydrogen-bond acceptors (Lipinski definition) is 5. The Bertz CT molecular complexity index is 575. The van der Waals surface area contributed by atoms with E-state index in [1.807, 2.05) is 0 Å². The molecule has 2 saturated heterocycles. The fourth-order valence-electron chi connectivity index (χ4n) is 2.82. The normalized spacial score (nSPS) is 21.9. The van der Waals surface area contributed by atoms with Crippen molar-refractivity contribution in [3.8, 4) is 0 Å². The maximum atomic E-state index is 12.3. The molecule has 2 aliphatic heterocycles. The first-order valence-corrected chi connectivity index (χ1v) is 7.27. The number of urea groups is 1. The number of likely N-dealkylation sites (tertiary alicyclic amines) is 1. The second-order valence-corrected chi connectivity index (χ2v) is 5.45. The molecule has 2 aliphatic rings. The van der Waals surface area contributed by atoms with E-state index in [-0.39, 0.29) is 30.8 Å². The van der Waals surface area contributed by atoms with E-state index in [0.717, 1.165) is 23.4 Å². The summed E-state index contributed by atoms with van der Waals surface area (Å²) < 4.78 is 0. The fraction of sp³-hybridized carbons (Fsp3) is 0.500. The molecule has 1 atom stereocenters. The molecule has 0 radical (unpaired) electrons. The largest absolute Gasteiger partial charge is 0.340 e. The van der Waals surface area contributed by atoms with Crippen molar-refractivity contribution in [3.63, 3.8) is 0 Å². The van der Waals surface area contributed by atoms with Gasteiger partial charge in [0, 0.05) is 37.6 Å². The van der Waals surface area contributed by atoms with Crippen LogP contribution in [0.1, 0.15) is 24.5 Å². The SMILES string of the molecule is O=C(CN1C(=O)CNC1=O)N1CCC[C@H](c2cnccn2)C1. The summed E-state index contributed by atoms with van der Waals surface area (Å²) >= 11 is 0. The van der Waals surface area contributed by atoms with Crippen LogP contribution in [0.15, 0.2) is 18.6 Å². The Morgan fingerprint density at radius 1 is 1.36 bits per heavy atom. The first-order valence-electron chi connectivity index (χ1n) is 7.27. The Hall–Kier alpha value is -2.51. The van der Waals surface area contributed by atoms with Gasteiger partial charge in [0.2, 0.25) is 5.91 Å². The van der Waals surface area contributed by atoms with E-state index < -0.39 is 6.03 Å². The lowest BCUT2D eigenvalue weighted by Gasteiger charge is -2.33. The van der Waals surface area contributed by atoms with E-state index in [9.17, 15) is 14.4 Å². The van der Waals surface area contributed by atoms with Gasteiger partial charge in [0.05, 0.1) is 12.2 Å². The van der Waals surface area contributed by atoms with E-state index in [4.69, 9.17) is 0 Å². The number of amides is 4. The highest BCUT2D eigenvalue weighted by Gasteiger charge is 2.33. The third-order valence-corrected chi connectivity index (χ3v) is 4.01. The number of hydrogen-bond donors (Lipinski definition) is 1. The highest BCUT2D eigenvalue weighted by Crippen LogP contribution is 2.25. The average Bonchev–Trinajstić information content (AvgIpc) is 2.88. The Morgan fingerprint density at radius 2 is 2.23 bits per heavy atom. The number of carbonyl (C=O) groups excluding carboxylic acids is 3. The van der Waals surface area contributed by atoms with Gasteiger partial charge >= 0.3 is 6.03 Å². The fourth-order valence-corrected chi connectivity index (χ4v) is 2.82. The molecule has 3 rings (SSSR count). The molecule has 2 fully saturated rings. The zero-order valence-electron chi connectivity index (χ0n) is 12.1. The minimum absolute atomic E-state index is 0.0334. The molecule has 0 spiro atoms. The van der Waals surface area contributed by atoms with E-state index in [0.29, 0.717) is 13.1 Å². The van der Waals surface area contributed by atoms with Crippen molar-refractivity contribution in [1.82, 2.24) is 25.1 Å². The average molecular weight is 303 g/mol. The molecule has 3 heterocycles. The molecule has 0 saturated carbocycles. The predicted octanol–water partition coefficient (Wildman–Crippen LogP) is -0.266. The van der Waals surface area contributed by atoms with Crippen LogP contribution < -0.4 is 5.32 Å². The molecule has 0 unspecified atom stereocenters. The van der Waals surface area contributed by atoms with Gasteiger partial charge in [-0.1, -0.05) is 0 Å². The summed E-state index contributed by atoms with van der Waals surface area (Å²) in [5.74, 6) is -0.422. The van der Waals surface area contributed by atoms with Crippen molar-refractivity contribution in [2.45, 2.75) is 18.8 Å². The molecule has 0 aliphatic carbocycles. The van der Waals surface area contributed by atoms with Gasteiger partial charge in [0.25, 0.3) is 5.91 Å². The van der Waals surface area contributed by atoms with E-state index in [1.54, 1.807) is 23.5 Å². The molecule has 8 nitrogen and oxygen atoms in total. The van der Waals surface area contributed by atoms with E-state index >= 15 is 0 Å². The first kappa shape index (κ1) is 14.4. The number of nitrogens with one attached hydrogen (secondary N) is 1. The molecular weight excluding hydrogens is 286 g/mol. The lowest BCUT2D eigenvalue weighted by atomic mass is 9.95. The second kappa shape index (κ2) is 6.08. The third kappa shape index (κ3) is 2.90. The summed E-state index contributed by atoms with van der Waals surface area (Å²) in [4.78, 5) is 46.4. The van der Waals surface area contributed by atoms with Gasteiger partial charge < -0.3 is 10.2 Å². The minimum Gasteiger partial charge on any atom is -0.340 e. The number of piperidine rings is 1. The van der Waals surface area contributed by atoms with Gasteiger partial charge in [-0.25, -0.2) is 4.79 Å². The maximum absolute atomic E-state index is 12.3. The standard InChI is InChI=1S/C14H17N5O3/c20-12-7-17-14(22)19(12)9-13(21)18-5-1-2-10(8-18)11-6-15-3-4-16-11/h3-4,6,10H,1-2,5,7-9H2,(H,17,22)/t10-/m0/s1. The van der Waals surface area contributed by atoms with Gasteiger partial charge in [-0.3, -0.25) is 24.5 Å². The second-order valence-electron chi connectivity index (χ2n) is 5.45. The lowest BCUT2D eigenvalue weighted by molar-refractivity contribution is -0.137. The first-order chi connectivity index (χ1) is 10.6. The molecule has 8 heteroatoms. The molecule has 1 aromatic heterocycles. The Morgan fingerprint density at radius 3 is 2.91 bits per heavy atom. The number of aromatic nitrogens is 2. The lowest BCUT2D eigenvalue weighted by Crippen LogP contribution is -2.46. The molecular formula is C14H17N5O3. The molecule has 4 amide bonds. The summed E-state index contributed by atoms with van der Waals surface area (Å²) in [6, 6.07) is -0.499. The molecule has 0 bridgehead atoms. The van der Waals surface area contributed by atoms with Crippen LogP contribution in [0.3, 0.4) is 0 Å². The number of carbonyl (C=O) groups is 3. The summed E-state index contributed by atoms with van der Waals surface area (Å²) in [5.41, 5.74) is 0.870. The van der Waals surface area contributed by atoms with Crippen molar-refractivity contribution in [1.29, 1.82) is 0 Å². The number of imide groups is 1. The topological polar surface area (TPSA) is 95.5 Å². The number of rotatable bonds is 3. The highest BCUT2D eigenvalue weighted by molar-refractivity contribution is 6.04. The Balaban J connectivity index is 1.63. The minimum atomic E-state index is -0.499. The zero-order valence-corrected chi connectivity index (χ0v) is 12.1.